The number of rotatable bonds is 4. The molecule has 0 aliphatic heterocycles. The second-order valence-electron chi connectivity index (χ2n) is 4.47. The predicted molar refractivity (Wildman–Crippen MR) is 62.5 cm³/mol. The molecule has 0 unspecified atom stereocenters. The number of carbonyl (C=O) groups is 1. The Bertz CT molecular complexity index is 414. The zero-order chi connectivity index (χ0) is 12.3. The van der Waals surface area contributed by atoms with Crippen LogP contribution in [0.1, 0.15) is 41.6 Å². The lowest BCUT2D eigenvalue weighted by Crippen LogP contribution is -2.25. The van der Waals surface area contributed by atoms with Crippen LogP contribution in [0.15, 0.2) is 18.2 Å². The van der Waals surface area contributed by atoms with E-state index < -0.39 is 11.8 Å². The fourth-order valence-electron chi connectivity index (χ4n) is 2.21. The van der Waals surface area contributed by atoms with Crippen molar-refractivity contribution in [1.29, 1.82) is 0 Å². The standard InChI is InChI=1S/C13H16FNO2/c14-12-7-9(13(16)17)5-6-10(12)8-15-11-3-1-2-4-11/h5-7,11,15H,1-4,8H2,(H,16,17). The first-order valence-corrected chi connectivity index (χ1v) is 5.92. The molecule has 17 heavy (non-hydrogen) atoms. The van der Waals surface area contributed by atoms with E-state index in [9.17, 15) is 9.18 Å². The number of halogens is 1. The maximum Gasteiger partial charge on any atom is 0.335 e. The summed E-state index contributed by atoms with van der Waals surface area (Å²) in [5.41, 5.74) is 0.522. The lowest BCUT2D eigenvalue weighted by molar-refractivity contribution is 0.0696. The fraction of sp³-hybridized carbons (Fsp3) is 0.462. The summed E-state index contributed by atoms with van der Waals surface area (Å²) in [5.74, 6) is -1.55. The second kappa shape index (κ2) is 5.27. The molecule has 2 N–H and O–H groups in total. The summed E-state index contributed by atoms with van der Waals surface area (Å²) in [5, 5.41) is 12.0. The Morgan fingerprint density at radius 1 is 1.41 bits per heavy atom. The van der Waals surface area contributed by atoms with Crippen LogP contribution in [0.25, 0.3) is 0 Å². The first-order valence-electron chi connectivity index (χ1n) is 5.92. The van der Waals surface area contributed by atoms with Crippen LogP contribution in [-0.4, -0.2) is 17.1 Å². The van der Waals surface area contributed by atoms with Crippen LogP contribution in [0.4, 0.5) is 4.39 Å². The first kappa shape index (κ1) is 12.0. The smallest absolute Gasteiger partial charge is 0.335 e. The molecule has 0 bridgehead atoms. The van der Waals surface area contributed by atoms with Gasteiger partial charge in [0.25, 0.3) is 0 Å². The highest BCUT2D eigenvalue weighted by Gasteiger charge is 2.15. The lowest BCUT2D eigenvalue weighted by Gasteiger charge is -2.12. The van der Waals surface area contributed by atoms with Gasteiger partial charge in [0.05, 0.1) is 5.56 Å². The van der Waals surface area contributed by atoms with Crippen LogP contribution < -0.4 is 5.32 Å². The van der Waals surface area contributed by atoms with Gasteiger partial charge in [0.2, 0.25) is 0 Å². The molecule has 0 heterocycles. The Hall–Kier alpha value is -1.42. The van der Waals surface area contributed by atoms with Crippen molar-refractivity contribution in [1.82, 2.24) is 5.32 Å². The van der Waals surface area contributed by atoms with Crippen LogP contribution in [0.3, 0.4) is 0 Å². The molecule has 0 spiro atoms. The van der Waals surface area contributed by atoms with Crippen molar-refractivity contribution < 1.29 is 14.3 Å². The van der Waals surface area contributed by atoms with E-state index in [1.54, 1.807) is 6.07 Å². The monoisotopic (exact) mass is 237 g/mol. The Morgan fingerprint density at radius 2 is 2.12 bits per heavy atom. The summed E-state index contributed by atoms with van der Waals surface area (Å²) < 4.78 is 13.6. The van der Waals surface area contributed by atoms with Crippen LogP contribution >= 0.6 is 0 Å². The zero-order valence-corrected chi connectivity index (χ0v) is 9.58. The predicted octanol–water partition coefficient (Wildman–Crippen LogP) is 2.56. The minimum Gasteiger partial charge on any atom is -0.478 e. The first-order chi connectivity index (χ1) is 8.16. The molecule has 1 fully saturated rings. The van der Waals surface area contributed by atoms with Gasteiger partial charge in [-0.2, -0.15) is 0 Å². The Morgan fingerprint density at radius 3 is 2.71 bits per heavy atom. The van der Waals surface area contributed by atoms with Crippen molar-refractivity contribution in [3.63, 3.8) is 0 Å². The molecule has 92 valence electrons. The molecule has 1 aliphatic rings. The molecule has 0 saturated heterocycles. The molecule has 0 aromatic heterocycles. The molecule has 0 amide bonds. The van der Waals surface area contributed by atoms with Gasteiger partial charge < -0.3 is 10.4 Å². The molecular formula is C13H16FNO2. The van der Waals surface area contributed by atoms with E-state index in [0.717, 1.165) is 18.9 Å². The van der Waals surface area contributed by atoms with Crippen LogP contribution in [0, 0.1) is 5.82 Å². The zero-order valence-electron chi connectivity index (χ0n) is 9.58. The number of hydrogen-bond acceptors (Lipinski definition) is 2. The van der Waals surface area contributed by atoms with Crippen LogP contribution in [0.2, 0.25) is 0 Å². The van der Waals surface area contributed by atoms with Gasteiger partial charge in [0, 0.05) is 18.2 Å². The Kier molecular flexibility index (Phi) is 3.74. The minimum absolute atomic E-state index is 0.00730. The maximum atomic E-state index is 13.6. The van der Waals surface area contributed by atoms with Crippen LogP contribution in [-0.2, 0) is 6.54 Å². The summed E-state index contributed by atoms with van der Waals surface area (Å²) in [6, 6.07) is 4.54. The van der Waals surface area contributed by atoms with Crippen molar-refractivity contribution in [2.24, 2.45) is 0 Å². The Labute approximate surface area is 99.7 Å². The van der Waals surface area contributed by atoms with Gasteiger partial charge >= 0.3 is 5.97 Å². The summed E-state index contributed by atoms with van der Waals surface area (Å²) in [6.45, 7) is 0.469. The highest BCUT2D eigenvalue weighted by Crippen LogP contribution is 2.18. The molecule has 1 aromatic carbocycles. The largest absolute Gasteiger partial charge is 0.478 e. The molecule has 0 radical (unpaired) electrons. The highest BCUT2D eigenvalue weighted by molar-refractivity contribution is 5.87. The van der Waals surface area contributed by atoms with Gasteiger partial charge in [-0.1, -0.05) is 18.9 Å². The summed E-state index contributed by atoms with van der Waals surface area (Å²) in [7, 11) is 0. The average molecular weight is 237 g/mol. The molecule has 1 aromatic rings. The second-order valence-corrected chi connectivity index (χ2v) is 4.47. The average Bonchev–Trinajstić information content (AvgIpc) is 2.80. The van der Waals surface area contributed by atoms with Crippen molar-refractivity contribution >= 4 is 5.97 Å². The van der Waals surface area contributed by atoms with E-state index in [2.05, 4.69) is 5.32 Å². The van der Waals surface area contributed by atoms with Gasteiger partial charge in [-0.3, -0.25) is 0 Å². The summed E-state index contributed by atoms with van der Waals surface area (Å²) >= 11 is 0. The topological polar surface area (TPSA) is 49.3 Å². The SMILES string of the molecule is O=C(O)c1ccc(CNC2CCCC2)c(F)c1. The van der Waals surface area contributed by atoms with Gasteiger partial charge in [-0.15, -0.1) is 0 Å². The maximum absolute atomic E-state index is 13.6. The molecule has 1 aliphatic carbocycles. The normalized spacial score (nSPS) is 16.3. The third kappa shape index (κ3) is 3.03. The number of carboxylic acids is 1. The van der Waals surface area contributed by atoms with E-state index >= 15 is 0 Å². The van der Waals surface area contributed by atoms with Crippen molar-refractivity contribution in [3.8, 4) is 0 Å². The minimum atomic E-state index is -1.10. The van der Waals surface area contributed by atoms with E-state index in [4.69, 9.17) is 5.11 Å². The van der Waals surface area contributed by atoms with E-state index in [1.165, 1.54) is 18.9 Å². The van der Waals surface area contributed by atoms with E-state index in [0.29, 0.717) is 18.2 Å². The molecule has 1 saturated carbocycles. The molecule has 2 rings (SSSR count). The third-order valence-corrected chi connectivity index (χ3v) is 3.24. The van der Waals surface area contributed by atoms with Gasteiger partial charge in [0.15, 0.2) is 0 Å². The number of aromatic carboxylic acids is 1. The quantitative estimate of drug-likeness (QED) is 0.846. The number of hydrogen-bond donors (Lipinski definition) is 2. The lowest BCUT2D eigenvalue weighted by atomic mass is 10.1. The van der Waals surface area contributed by atoms with Gasteiger partial charge in [0.1, 0.15) is 5.82 Å². The van der Waals surface area contributed by atoms with Crippen molar-refractivity contribution in [2.75, 3.05) is 0 Å². The van der Waals surface area contributed by atoms with Gasteiger partial charge in [-0.25, -0.2) is 9.18 Å². The van der Waals surface area contributed by atoms with Crippen molar-refractivity contribution in [2.45, 2.75) is 38.3 Å². The summed E-state index contributed by atoms with van der Waals surface area (Å²) in [6.07, 6.45) is 4.76. The number of nitrogens with one attached hydrogen (secondary N) is 1. The number of carboxylic acid groups (broad SMARTS) is 1. The molecule has 3 nitrogen and oxygen atoms in total. The fourth-order valence-corrected chi connectivity index (χ4v) is 2.21. The molecule has 4 heteroatoms. The summed E-state index contributed by atoms with van der Waals surface area (Å²) in [4.78, 5) is 10.6. The highest BCUT2D eigenvalue weighted by atomic mass is 19.1. The molecular weight excluding hydrogens is 221 g/mol. The van der Waals surface area contributed by atoms with Crippen molar-refractivity contribution in [3.05, 3.63) is 35.1 Å². The van der Waals surface area contributed by atoms with Crippen LogP contribution in [0.5, 0.6) is 0 Å². The van der Waals surface area contributed by atoms with E-state index in [-0.39, 0.29) is 5.56 Å². The third-order valence-electron chi connectivity index (χ3n) is 3.24. The Balaban J connectivity index is 1.98. The number of benzene rings is 1. The molecule has 0 atom stereocenters. The van der Waals surface area contributed by atoms with E-state index in [1.807, 2.05) is 0 Å². The van der Waals surface area contributed by atoms with Gasteiger partial charge in [-0.05, 0) is 25.0 Å².